The topological polar surface area (TPSA) is 43.8 Å². The Hall–Kier alpha value is -1.34. The molecule has 0 atom stereocenters. The lowest BCUT2D eigenvalue weighted by molar-refractivity contribution is 0.627. The lowest BCUT2D eigenvalue weighted by atomic mass is 10.2. The predicted octanol–water partition coefficient (Wildman–Crippen LogP) is 4.06. The Balaban J connectivity index is 2.05. The van der Waals surface area contributed by atoms with Gasteiger partial charge < -0.3 is 10.3 Å². The van der Waals surface area contributed by atoms with Gasteiger partial charge >= 0.3 is 0 Å². The van der Waals surface area contributed by atoms with E-state index in [0.29, 0.717) is 12.5 Å². The molecular formula is C14H10ClFIN3. The number of aromatic nitrogens is 2. The maximum absolute atomic E-state index is 13.2. The van der Waals surface area contributed by atoms with Crippen molar-refractivity contribution in [1.29, 1.82) is 0 Å². The number of benzene rings is 2. The zero-order valence-electron chi connectivity index (χ0n) is 10.3. The molecule has 0 aliphatic rings. The molecule has 0 saturated heterocycles. The summed E-state index contributed by atoms with van der Waals surface area (Å²) < 4.78 is 16.2. The molecule has 1 aromatic heterocycles. The quantitative estimate of drug-likeness (QED) is 0.658. The number of nitrogen functional groups attached to an aromatic ring is 1. The number of nitrogens with two attached hydrogens (primary N) is 1. The first-order chi connectivity index (χ1) is 9.54. The highest BCUT2D eigenvalue weighted by Crippen LogP contribution is 2.23. The predicted molar refractivity (Wildman–Crippen MR) is 87.4 cm³/mol. The van der Waals surface area contributed by atoms with Gasteiger partial charge in [0.05, 0.1) is 22.6 Å². The van der Waals surface area contributed by atoms with Crippen molar-refractivity contribution < 1.29 is 4.39 Å². The van der Waals surface area contributed by atoms with Crippen molar-refractivity contribution in [2.75, 3.05) is 5.73 Å². The average molecular weight is 402 g/mol. The second-order valence-electron chi connectivity index (χ2n) is 4.44. The highest BCUT2D eigenvalue weighted by atomic mass is 127. The number of nitrogens with zero attached hydrogens (tertiary/aromatic N) is 2. The molecule has 0 spiro atoms. The molecule has 0 unspecified atom stereocenters. The lowest BCUT2D eigenvalue weighted by Crippen LogP contribution is -2.04. The van der Waals surface area contributed by atoms with Crippen molar-refractivity contribution in [3.05, 3.63) is 56.4 Å². The van der Waals surface area contributed by atoms with Crippen LogP contribution in [0.4, 0.5) is 10.3 Å². The third-order valence-electron chi connectivity index (χ3n) is 3.06. The molecule has 0 radical (unpaired) electrons. The summed E-state index contributed by atoms with van der Waals surface area (Å²) in [4.78, 5) is 4.34. The molecule has 0 fully saturated rings. The third kappa shape index (κ3) is 2.47. The molecule has 0 amide bonds. The van der Waals surface area contributed by atoms with Gasteiger partial charge in [-0.05, 0) is 58.5 Å². The highest BCUT2D eigenvalue weighted by Gasteiger charge is 2.10. The van der Waals surface area contributed by atoms with Crippen LogP contribution in [0.2, 0.25) is 5.02 Å². The molecular weight excluding hydrogens is 392 g/mol. The number of halogens is 3. The van der Waals surface area contributed by atoms with Crippen LogP contribution in [0.15, 0.2) is 36.4 Å². The largest absolute Gasteiger partial charge is 0.369 e. The van der Waals surface area contributed by atoms with Gasteiger partial charge in [-0.1, -0.05) is 17.7 Å². The van der Waals surface area contributed by atoms with Crippen LogP contribution in [-0.2, 0) is 6.54 Å². The molecule has 3 aromatic rings. The summed E-state index contributed by atoms with van der Waals surface area (Å²) in [5.74, 6) is 0.0101. The first-order valence-electron chi connectivity index (χ1n) is 5.90. The summed E-state index contributed by atoms with van der Waals surface area (Å²) in [7, 11) is 0. The lowest BCUT2D eigenvalue weighted by Gasteiger charge is -2.07. The maximum Gasteiger partial charge on any atom is 0.201 e. The molecule has 2 N–H and O–H groups in total. The summed E-state index contributed by atoms with van der Waals surface area (Å²) in [5.41, 5.74) is 8.63. The fraction of sp³-hybridized carbons (Fsp3) is 0.0714. The Morgan fingerprint density at radius 1 is 1.25 bits per heavy atom. The standard InChI is InChI=1S/C14H10ClFIN3/c15-10-5-8(1-3-11(10)16)7-20-13-4-2-9(17)6-12(13)19-14(20)18/h1-6H,7H2,(H2,18,19). The van der Waals surface area contributed by atoms with E-state index in [1.165, 1.54) is 6.07 Å². The van der Waals surface area contributed by atoms with Crippen molar-refractivity contribution in [3.8, 4) is 0 Å². The van der Waals surface area contributed by atoms with Crippen LogP contribution in [0.5, 0.6) is 0 Å². The molecule has 1 heterocycles. The maximum atomic E-state index is 13.2. The molecule has 0 bridgehead atoms. The smallest absolute Gasteiger partial charge is 0.201 e. The van der Waals surface area contributed by atoms with E-state index in [9.17, 15) is 4.39 Å². The molecule has 2 aromatic carbocycles. The SMILES string of the molecule is Nc1nc2cc(I)ccc2n1Cc1ccc(F)c(Cl)c1. The summed E-state index contributed by atoms with van der Waals surface area (Å²) in [6.45, 7) is 0.503. The van der Waals surface area contributed by atoms with Crippen molar-refractivity contribution in [2.45, 2.75) is 6.54 Å². The summed E-state index contributed by atoms with van der Waals surface area (Å²) in [6, 6.07) is 10.6. The van der Waals surface area contributed by atoms with Gasteiger partial charge in [-0.25, -0.2) is 9.37 Å². The van der Waals surface area contributed by atoms with Crippen LogP contribution in [0, 0.1) is 9.39 Å². The first kappa shape index (κ1) is 13.6. The Kier molecular flexibility index (Phi) is 3.55. The van der Waals surface area contributed by atoms with Crippen molar-refractivity contribution in [2.24, 2.45) is 0 Å². The molecule has 0 saturated carbocycles. The van der Waals surface area contributed by atoms with Crippen LogP contribution >= 0.6 is 34.2 Å². The minimum absolute atomic E-state index is 0.111. The molecule has 20 heavy (non-hydrogen) atoms. The van der Waals surface area contributed by atoms with Gasteiger partial charge in [0.1, 0.15) is 5.82 Å². The van der Waals surface area contributed by atoms with Gasteiger partial charge in [-0.15, -0.1) is 0 Å². The van der Waals surface area contributed by atoms with E-state index >= 15 is 0 Å². The van der Waals surface area contributed by atoms with Crippen molar-refractivity contribution in [3.63, 3.8) is 0 Å². The van der Waals surface area contributed by atoms with E-state index in [-0.39, 0.29) is 5.02 Å². The number of anilines is 1. The van der Waals surface area contributed by atoms with Crippen molar-refractivity contribution in [1.82, 2.24) is 9.55 Å². The van der Waals surface area contributed by atoms with E-state index in [2.05, 4.69) is 27.6 Å². The van der Waals surface area contributed by atoms with E-state index in [0.717, 1.165) is 20.2 Å². The number of imidazole rings is 1. The molecule has 3 nitrogen and oxygen atoms in total. The number of rotatable bonds is 2. The van der Waals surface area contributed by atoms with E-state index in [1.54, 1.807) is 12.1 Å². The fourth-order valence-electron chi connectivity index (χ4n) is 2.11. The third-order valence-corrected chi connectivity index (χ3v) is 4.03. The van der Waals surface area contributed by atoms with Gasteiger partial charge in [0.15, 0.2) is 0 Å². The summed E-state index contributed by atoms with van der Waals surface area (Å²) in [6.07, 6.45) is 0. The zero-order chi connectivity index (χ0) is 14.3. The Morgan fingerprint density at radius 3 is 2.80 bits per heavy atom. The molecule has 0 aliphatic heterocycles. The molecule has 102 valence electrons. The minimum Gasteiger partial charge on any atom is -0.369 e. The van der Waals surface area contributed by atoms with E-state index in [4.69, 9.17) is 17.3 Å². The Morgan fingerprint density at radius 2 is 2.05 bits per heavy atom. The van der Waals surface area contributed by atoms with Crippen molar-refractivity contribution >= 4 is 51.2 Å². The minimum atomic E-state index is -0.423. The first-order valence-corrected chi connectivity index (χ1v) is 7.35. The fourth-order valence-corrected chi connectivity index (χ4v) is 2.79. The van der Waals surface area contributed by atoms with Crippen LogP contribution < -0.4 is 5.73 Å². The highest BCUT2D eigenvalue weighted by molar-refractivity contribution is 14.1. The van der Waals surface area contributed by atoms with Gasteiger partial charge in [0.25, 0.3) is 0 Å². The molecule has 3 rings (SSSR count). The van der Waals surface area contributed by atoms with Gasteiger partial charge in [0, 0.05) is 3.57 Å². The van der Waals surface area contributed by atoms with Crippen LogP contribution in [0.1, 0.15) is 5.56 Å². The molecule has 0 aliphatic carbocycles. The Labute approximate surface area is 133 Å². The van der Waals surface area contributed by atoms with Crippen LogP contribution in [-0.4, -0.2) is 9.55 Å². The molecule has 6 heteroatoms. The van der Waals surface area contributed by atoms with Crippen LogP contribution in [0.25, 0.3) is 11.0 Å². The van der Waals surface area contributed by atoms with Crippen LogP contribution in [0.3, 0.4) is 0 Å². The monoisotopic (exact) mass is 401 g/mol. The van der Waals surface area contributed by atoms with E-state index < -0.39 is 5.82 Å². The van der Waals surface area contributed by atoms with E-state index in [1.807, 2.05) is 22.8 Å². The Bertz CT molecular complexity index is 800. The normalized spacial score (nSPS) is 11.2. The zero-order valence-corrected chi connectivity index (χ0v) is 13.2. The number of hydrogen-bond donors (Lipinski definition) is 1. The summed E-state index contributed by atoms with van der Waals surface area (Å²) in [5, 5.41) is 0.111. The van der Waals surface area contributed by atoms with Gasteiger partial charge in [0.2, 0.25) is 5.95 Å². The van der Waals surface area contributed by atoms with Gasteiger partial charge in [-0.2, -0.15) is 0 Å². The number of hydrogen-bond acceptors (Lipinski definition) is 2. The second kappa shape index (κ2) is 5.21. The second-order valence-corrected chi connectivity index (χ2v) is 6.09. The average Bonchev–Trinajstić information content (AvgIpc) is 2.69. The number of fused-ring (bicyclic) bond motifs is 1. The van der Waals surface area contributed by atoms with Gasteiger partial charge in [-0.3, -0.25) is 0 Å². The summed E-state index contributed by atoms with van der Waals surface area (Å²) >= 11 is 8.03.